The lowest BCUT2D eigenvalue weighted by atomic mass is 9.84. The van der Waals surface area contributed by atoms with E-state index in [-0.39, 0.29) is 34.7 Å². The van der Waals surface area contributed by atoms with Gasteiger partial charge < -0.3 is 9.64 Å². The van der Waals surface area contributed by atoms with E-state index in [4.69, 9.17) is 16.3 Å². The molecule has 1 fully saturated rings. The SMILES string of the molecule is Br.CN1C[C@@H]2c3cc(Cl)ccc3Oc3ccccc3[C@H]2C1=O. The summed E-state index contributed by atoms with van der Waals surface area (Å²) in [5.74, 6) is 1.59. The molecule has 5 heteroatoms. The summed E-state index contributed by atoms with van der Waals surface area (Å²) in [4.78, 5) is 14.4. The van der Waals surface area contributed by atoms with Crippen LogP contribution in [0, 0.1) is 0 Å². The maximum atomic E-state index is 12.6. The van der Waals surface area contributed by atoms with Gasteiger partial charge in [0.25, 0.3) is 0 Å². The molecular weight excluding hydrogens is 366 g/mol. The lowest BCUT2D eigenvalue weighted by Crippen LogP contribution is -2.21. The second kappa shape index (κ2) is 5.60. The van der Waals surface area contributed by atoms with E-state index in [2.05, 4.69) is 0 Å². The Hall–Kier alpha value is -1.52. The monoisotopic (exact) mass is 379 g/mol. The lowest BCUT2D eigenvalue weighted by molar-refractivity contribution is -0.127. The van der Waals surface area contributed by atoms with Crippen molar-refractivity contribution in [3.05, 3.63) is 58.6 Å². The summed E-state index contributed by atoms with van der Waals surface area (Å²) >= 11 is 6.15. The van der Waals surface area contributed by atoms with Gasteiger partial charge in [-0.25, -0.2) is 0 Å². The Labute approximate surface area is 144 Å². The van der Waals surface area contributed by atoms with Gasteiger partial charge >= 0.3 is 0 Å². The highest BCUT2D eigenvalue weighted by molar-refractivity contribution is 8.93. The minimum Gasteiger partial charge on any atom is -0.457 e. The van der Waals surface area contributed by atoms with E-state index in [1.165, 1.54) is 0 Å². The van der Waals surface area contributed by atoms with Crippen LogP contribution in [0.4, 0.5) is 0 Å². The van der Waals surface area contributed by atoms with E-state index in [0.717, 1.165) is 22.6 Å². The Morgan fingerprint density at radius 1 is 1.14 bits per heavy atom. The number of likely N-dealkylation sites (N-methyl/N-ethyl adjacent to an activating group) is 1. The first-order chi connectivity index (χ1) is 10.1. The van der Waals surface area contributed by atoms with Crippen molar-refractivity contribution in [1.29, 1.82) is 0 Å². The Kier molecular flexibility index (Phi) is 3.91. The number of carbonyl (C=O) groups is 1. The van der Waals surface area contributed by atoms with Crippen LogP contribution in [0.2, 0.25) is 5.02 Å². The number of likely N-dealkylation sites (tertiary alicyclic amines) is 1. The zero-order valence-electron chi connectivity index (χ0n) is 12.0. The number of benzene rings is 2. The summed E-state index contributed by atoms with van der Waals surface area (Å²) in [6.07, 6.45) is 0. The molecule has 2 atom stereocenters. The number of carbonyl (C=O) groups excluding carboxylic acids is 1. The topological polar surface area (TPSA) is 29.5 Å². The highest BCUT2D eigenvalue weighted by atomic mass is 79.9. The number of para-hydroxylation sites is 1. The van der Waals surface area contributed by atoms with Crippen molar-refractivity contribution in [3.63, 3.8) is 0 Å². The first kappa shape index (κ1) is 15.4. The van der Waals surface area contributed by atoms with Crippen LogP contribution in [0.25, 0.3) is 0 Å². The van der Waals surface area contributed by atoms with Crippen molar-refractivity contribution < 1.29 is 9.53 Å². The van der Waals surface area contributed by atoms with Crippen molar-refractivity contribution in [3.8, 4) is 11.5 Å². The molecule has 2 aromatic carbocycles. The van der Waals surface area contributed by atoms with Gasteiger partial charge in [0.05, 0.1) is 5.92 Å². The largest absolute Gasteiger partial charge is 0.457 e. The molecule has 1 amide bonds. The number of halogens is 2. The van der Waals surface area contributed by atoms with Crippen LogP contribution in [0.5, 0.6) is 11.5 Å². The van der Waals surface area contributed by atoms with Crippen molar-refractivity contribution in [2.75, 3.05) is 13.6 Å². The van der Waals surface area contributed by atoms with Crippen molar-refractivity contribution in [1.82, 2.24) is 4.90 Å². The maximum Gasteiger partial charge on any atom is 0.230 e. The van der Waals surface area contributed by atoms with E-state index >= 15 is 0 Å². The summed E-state index contributed by atoms with van der Waals surface area (Å²) < 4.78 is 6.05. The molecule has 4 rings (SSSR count). The molecule has 1 saturated heterocycles. The van der Waals surface area contributed by atoms with Gasteiger partial charge in [0, 0.05) is 35.7 Å². The molecule has 0 aliphatic carbocycles. The molecule has 0 unspecified atom stereocenters. The Morgan fingerprint density at radius 3 is 2.68 bits per heavy atom. The van der Waals surface area contributed by atoms with Crippen LogP contribution in [0.1, 0.15) is 23.0 Å². The molecule has 0 radical (unpaired) electrons. The quantitative estimate of drug-likeness (QED) is 0.679. The van der Waals surface area contributed by atoms with Gasteiger partial charge in [0.15, 0.2) is 0 Å². The summed E-state index contributed by atoms with van der Waals surface area (Å²) in [5, 5.41) is 0.670. The predicted molar refractivity (Wildman–Crippen MR) is 91.4 cm³/mol. The number of amides is 1. The number of ether oxygens (including phenoxy) is 1. The third-order valence-corrected chi connectivity index (χ3v) is 4.60. The van der Waals surface area contributed by atoms with Gasteiger partial charge in [-0.3, -0.25) is 4.79 Å². The second-order valence-corrected chi connectivity index (χ2v) is 6.06. The van der Waals surface area contributed by atoms with Crippen LogP contribution in [-0.2, 0) is 4.79 Å². The summed E-state index contributed by atoms with van der Waals surface area (Å²) in [6, 6.07) is 13.4. The van der Waals surface area contributed by atoms with Crippen LogP contribution in [0.15, 0.2) is 42.5 Å². The van der Waals surface area contributed by atoms with Crippen LogP contribution in [0.3, 0.4) is 0 Å². The molecule has 114 valence electrons. The molecular formula is C17H15BrClNO2. The molecule has 0 spiro atoms. The summed E-state index contributed by atoms with van der Waals surface area (Å²) in [6.45, 7) is 0.689. The number of nitrogens with zero attached hydrogens (tertiary/aromatic N) is 1. The van der Waals surface area contributed by atoms with Crippen molar-refractivity contribution in [2.24, 2.45) is 0 Å². The summed E-state index contributed by atoms with van der Waals surface area (Å²) in [7, 11) is 1.85. The number of rotatable bonds is 0. The standard InChI is InChI=1S/C17H14ClNO2.BrH/c1-19-9-13-12-8-10(18)6-7-15(12)21-14-5-3-2-4-11(14)16(13)17(19)20;/h2-8,13,16H,9H2,1H3;1H/t13-,16-;/m1./s1. The van der Waals surface area contributed by atoms with E-state index in [1.807, 2.05) is 49.5 Å². The van der Waals surface area contributed by atoms with E-state index < -0.39 is 0 Å². The van der Waals surface area contributed by atoms with Crippen LogP contribution >= 0.6 is 28.6 Å². The molecule has 0 aromatic heterocycles. The predicted octanol–water partition coefficient (Wildman–Crippen LogP) is 4.36. The number of fused-ring (bicyclic) bond motifs is 5. The fraction of sp³-hybridized carbons (Fsp3) is 0.235. The third-order valence-electron chi connectivity index (χ3n) is 4.36. The fourth-order valence-corrected chi connectivity index (χ4v) is 3.56. The number of hydrogen-bond acceptors (Lipinski definition) is 2. The average molecular weight is 381 g/mol. The highest BCUT2D eigenvalue weighted by Crippen LogP contribution is 2.50. The van der Waals surface area contributed by atoms with Crippen LogP contribution < -0.4 is 4.74 Å². The Bertz CT molecular complexity index is 749. The molecule has 2 aromatic rings. The van der Waals surface area contributed by atoms with Gasteiger partial charge in [-0.15, -0.1) is 17.0 Å². The Balaban J connectivity index is 0.00000144. The van der Waals surface area contributed by atoms with Gasteiger partial charge in [0.2, 0.25) is 5.91 Å². The molecule has 0 N–H and O–H groups in total. The molecule has 2 aliphatic heterocycles. The molecule has 0 saturated carbocycles. The van der Waals surface area contributed by atoms with E-state index in [9.17, 15) is 4.79 Å². The van der Waals surface area contributed by atoms with Gasteiger partial charge in [-0.1, -0.05) is 29.8 Å². The normalized spacial score (nSPS) is 21.9. The number of hydrogen-bond donors (Lipinski definition) is 0. The summed E-state index contributed by atoms with van der Waals surface area (Å²) in [5.41, 5.74) is 1.98. The molecule has 0 bridgehead atoms. The van der Waals surface area contributed by atoms with Gasteiger partial charge in [-0.2, -0.15) is 0 Å². The van der Waals surface area contributed by atoms with Crippen molar-refractivity contribution >= 4 is 34.5 Å². The van der Waals surface area contributed by atoms with Gasteiger partial charge in [0.1, 0.15) is 11.5 Å². The molecule has 3 nitrogen and oxygen atoms in total. The van der Waals surface area contributed by atoms with Crippen molar-refractivity contribution in [2.45, 2.75) is 11.8 Å². The lowest BCUT2D eigenvalue weighted by Gasteiger charge is -2.15. The third kappa shape index (κ3) is 2.22. The Morgan fingerprint density at radius 2 is 1.86 bits per heavy atom. The van der Waals surface area contributed by atoms with Crippen LogP contribution in [-0.4, -0.2) is 24.4 Å². The highest BCUT2D eigenvalue weighted by Gasteiger charge is 2.44. The average Bonchev–Trinajstić information content (AvgIpc) is 2.70. The minimum atomic E-state index is -0.189. The smallest absolute Gasteiger partial charge is 0.230 e. The second-order valence-electron chi connectivity index (χ2n) is 5.62. The first-order valence-corrected chi connectivity index (χ1v) is 7.34. The van der Waals surface area contributed by atoms with E-state index in [0.29, 0.717) is 11.6 Å². The van der Waals surface area contributed by atoms with Gasteiger partial charge in [-0.05, 0) is 24.3 Å². The zero-order valence-corrected chi connectivity index (χ0v) is 14.4. The molecule has 2 aliphatic rings. The fourth-order valence-electron chi connectivity index (χ4n) is 3.38. The minimum absolute atomic E-state index is 0. The first-order valence-electron chi connectivity index (χ1n) is 6.96. The maximum absolute atomic E-state index is 12.6. The molecule has 2 heterocycles. The zero-order chi connectivity index (χ0) is 14.6. The van der Waals surface area contributed by atoms with E-state index in [1.54, 1.807) is 4.90 Å². The molecule has 22 heavy (non-hydrogen) atoms.